The van der Waals surface area contributed by atoms with Crippen molar-refractivity contribution in [2.24, 2.45) is 0 Å². The Balaban J connectivity index is 1.67. The van der Waals surface area contributed by atoms with E-state index in [1.807, 2.05) is 0 Å². The van der Waals surface area contributed by atoms with Crippen molar-refractivity contribution in [3.8, 4) is 0 Å². The van der Waals surface area contributed by atoms with Gasteiger partial charge in [-0.1, -0.05) is 24.3 Å². The zero-order valence-electron chi connectivity index (χ0n) is 16.3. The lowest BCUT2D eigenvalue weighted by Gasteiger charge is -2.48. The molecule has 154 valence electrons. The first-order chi connectivity index (χ1) is 14.5. The molecule has 0 aliphatic carbocycles. The molecule has 0 aromatic heterocycles. The summed E-state index contributed by atoms with van der Waals surface area (Å²) in [6, 6.07) is 12.3. The van der Waals surface area contributed by atoms with Gasteiger partial charge in [-0.15, -0.1) is 0 Å². The molecule has 5 rings (SSSR count). The van der Waals surface area contributed by atoms with E-state index < -0.39 is 23.2 Å². The van der Waals surface area contributed by atoms with Crippen molar-refractivity contribution in [3.05, 3.63) is 77.0 Å². The van der Waals surface area contributed by atoms with Gasteiger partial charge in [0.25, 0.3) is 11.8 Å². The molecule has 1 atom stereocenters. The fourth-order valence-corrected chi connectivity index (χ4v) is 5.11. The molecule has 2 saturated heterocycles. The molecule has 0 radical (unpaired) electrons. The highest BCUT2D eigenvalue weighted by atomic mass is 19.2. The summed E-state index contributed by atoms with van der Waals surface area (Å²) in [6.45, 7) is 2.20. The number of benzene rings is 2. The second kappa shape index (κ2) is 7.02. The van der Waals surface area contributed by atoms with E-state index in [1.165, 1.54) is 6.07 Å². The molecule has 2 fully saturated rings. The van der Waals surface area contributed by atoms with Crippen LogP contribution >= 0.6 is 0 Å². The van der Waals surface area contributed by atoms with Gasteiger partial charge in [0.2, 0.25) is 0 Å². The molecule has 0 bridgehead atoms. The second-order valence-electron chi connectivity index (χ2n) is 7.92. The Kier molecular flexibility index (Phi) is 4.43. The summed E-state index contributed by atoms with van der Waals surface area (Å²) >= 11 is 0. The van der Waals surface area contributed by atoms with Crippen LogP contribution in [0.3, 0.4) is 0 Å². The van der Waals surface area contributed by atoms with Crippen LogP contribution in [0.4, 0.5) is 8.78 Å². The predicted molar refractivity (Wildman–Crippen MR) is 107 cm³/mol. The van der Waals surface area contributed by atoms with Crippen LogP contribution in [0.5, 0.6) is 0 Å². The third-order valence-corrected chi connectivity index (χ3v) is 6.33. The third kappa shape index (κ3) is 2.69. The Morgan fingerprint density at radius 2 is 1.73 bits per heavy atom. The molecular formula is C23H21F2N3O2. The molecule has 3 heterocycles. The molecule has 3 aliphatic rings. The summed E-state index contributed by atoms with van der Waals surface area (Å²) in [5.41, 5.74) is 0.838. The number of nitrogens with one attached hydrogen (secondary N) is 1. The second-order valence-corrected chi connectivity index (χ2v) is 7.92. The minimum atomic E-state index is -0.976. The van der Waals surface area contributed by atoms with Gasteiger partial charge < -0.3 is 10.2 Å². The van der Waals surface area contributed by atoms with Crippen LogP contribution in [-0.2, 0) is 4.79 Å². The average molecular weight is 409 g/mol. The van der Waals surface area contributed by atoms with Crippen molar-refractivity contribution < 1.29 is 18.4 Å². The number of amides is 2. The van der Waals surface area contributed by atoms with E-state index in [4.69, 9.17) is 0 Å². The van der Waals surface area contributed by atoms with E-state index in [-0.39, 0.29) is 11.6 Å². The van der Waals surface area contributed by atoms with E-state index in [0.717, 1.165) is 38.1 Å². The maximum atomic E-state index is 14.2. The van der Waals surface area contributed by atoms with Gasteiger partial charge in [-0.2, -0.15) is 0 Å². The molecular weight excluding hydrogens is 388 g/mol. The van der Waals surface area contributed by atoms with E-state index in [2.05, 4.69) is 10.2 Å². The average Bonchev–Trinajstić information content (AvgIpc) is 3.29. The van der Waals surface area contributed by atoms with Crippen LogP contribution in [0, 0.1) is 11.6 Å². The van der Waals surface area contributed by atoms with Gasteiger partial charge in [0.15, 0.2) is 11.6 Å². The van der Waals surface area contributed by atoms with Crippen molar-refractivity contribution >= 4 is 17.4 Å². The standard InChI is InChI=1S/C23H21F2N3O2/c24-17-9-8-16(14-18(17)25)19-20(26-21(29)15-6-2-1-3-7-15)22(30)28-13-5-12-27-11-4-10-23(19,27)28/h1-3,6-9,14H,4-5,10-13H2,(H,26,29). The molecule has 30 heavy (non-hydrogen) atoms. The first-order valence-electron chi connectivity index (χ1n) is 10.2. The lowest BCUT2D eigenvalue weighted by Crippen LogP contribution is -2.60. The van der Waals surface area contributed by atoms with Gasteiger partial charge in [0, 0.05) is 30.8 Å². The first kappa shape index (κ1) is 18.9. The molecule has 2 aromatic rings. The third-order valence-electron chi connectivity index (χ3n) is 6.33. The summed E-state index contributed by atoms with van der Waals surface area (Å²) in [4.78, 5) is 30.3. The number of nitrogens with zero attached hydrogens (tertiary/aromatic N) is 2. The van der Waals surface area contributed by atoms with Crippen molar-refractivity contribution in [1.29, 1.82) is 0 Å². The zero-order valence-corrected chi connectivity index (χ0v) is 16.3. The summed E-state index contributed by atoms with van der Waals surface area (Å²) in [6.07, 6.45) is 2.41. The van der Waals surface area contributed by atoms with Gasteiger partial charge in [-0.05, 0) is 49.1 Å². The maximum absolute atomic E-state index is 14.2. The SMILES string of the molecule is O=C(NC1=C(c2ccc(F)c(F)c2)C23CCCN2CCCN3C1=O)c1ccccc1. The Morgan fingerprint density at radius 1 is 0.967 bits per heavy atom. The largest absolute Gasteiger partial charge is 0.317 e. The van der Waals surface area contributed by atoms with E-state index in [0.29, 0.717) is 29.7 Å². The van der Waals surface area contributed by atoms with E-state index >= 15 is 0 Å². The first-order valence-corrected chi connectivity index (χ1v) is 10.2. The molecule has 2 aromatic carbocycles. The topological polar surface area (TPSA) is 52.7 Å². The number of rotatable bonds is 3. The Morgan fingerprint density at radius 3 is 2.50 bits per heavy atom. The number of carbonyl (C=O) groups is 2. The minimum Gasteiger partial charge on any atom is -0.317 e. The molecule has 5 nitrogen and oxygen atoms in total. The van der Waals surface area contributed by atoms with Crippen LogP contribution in [-0.4, -0.2) is 46.9 Å². The van der Waals surface area contributed by atoms with Gasteiger partial charge in [0.05, 0.1) is 0 Å². The summed E-state index contributed by atoms with van der Waals surface area (Å²) in [5, 5.41) is 2.80. The number of halogens is 2. The van der Waals surface area contributed by atoms with E-state index in [9.17, 15) is 18.4 Å². The monoisotopic (exact) mass is 409 g/mol. The van der Waals surface area contributed by atoms with Crippen molar-refractivity contribution in [2.75, 3.05) is 19.6 Å². The number of hydrogen-bond donors (Lipinski definition) is 1. The van der Waals surface area contributed by atoms with Crippen LogP contribution in [0.15, 0.2) is 54.2 Å². The van der Waals surface area contributed by atoms with Crippen LogP contribution in [0.2, 0.25) is 0 Å². The van der Waals surface area contributed by atoms with Crippen LogP contribution in [0.25, 0.3) is 5.57 Å². The van der Waals surface area contributed by atoms with Gasteiger partial charge in [-0.25, -0.2) is 8.78 Å². The molecule has 7 heteroatoms. The summed E-state index contributed by atoms with van der Waals surface area (Å²) in [5.74, 6) is -2.60. The zero-order chi connectivity index (χ0) is 20.9. The minimum absolute atomic E-state index is 0.156. The lowest BCUT2D eigenvalue weighted by molar-refractivity contribution is -0.137. The Bertz CT molecular complexity index is 1070. The van der Waals surface area contributed by atoms with Crippen molar-refractivity contribution in [2.45, 2.75) is 24.9 Å². The molecule has 1 N–H and O–H groups in total. The number of hydrogen-bond acceptors (Lipinski definition) is 3. The predicted octanol–water partition coefficient (Wildman–Crippen LogP) is 3.14. The van der Waals surface area contributed by atoms with E-state index in [1.54, 1.807) is 35.2 Å². The highest BCUT2D eigenvalue weighted by Gasteiger charge is 2.58. The summed E-state index contributed by atoms with van der Waals surface area (Å²) < 4.78 is 27.8. The molecule has 1 spiro atoms. The molecule has 0 saturated carbocycles. The Hall–Kier alpha value is -3.06. The number of carbonyl (C=O) groups excluding carboxylic acids is 2. The maximum Gasteiger partial charge on any atom is 0.272 e. The molecule has 2 amide bonds. The van der Waals surface area contributed by atoms with Gasteiger partial charge in [0.1, 0.15) is 11.4 Å². The summed E-state index contributed by atoms with van der Waals surface area (Å²) in [7, 11) is 0. The van der Waals surface area contributed by atoms with Crippen molar-refractivity contribution in [1.82, 2.24) is 15.1 Å². The smallest absolute Gasteiger partial charge is 0.272 e. The van der Waals surface area contributed by atoms with Crippen LogP contribution in [0.1, 0.15) is 35.2 Å². The normalized spacial score (nSPS) is 23.5. The quantitative estimate of drug-likeness (QED) is 0.848. The Labute approximate surface area is 173 Å². The molecule has 3 aliphatic heterocycles. The highest BCUT2D eigenvalue weighted by Crippen LogP contribution is 2.51. The fraction of sp³-hybridized carbons (Fsp3) is 0.304. The lowest BCUT2D eigenvalue weighted by atomic mass is 9.89. The van der Waals surface area contributed by atoms with Gasteiger partial charge >= 0.3 is 0 Å². The van der Waals surface area contributed by atoms with Gasteiger partial charge in [-0.3, -0.25) is 14.5 Å². The van der Waals surface area contributed by atoms with Crippen LogP contribution < -0.4 is 5.32 Å². The van der Waals surface area contributed by atoms with Crippen molar-refractivity contribution in [3.63, 3.8) is 0 Å². The molecule has 1 unspecified atom stereocenters. The highest BCUT2D eigenvalue weighted by molar-refractivity contribution is 6.12. The fourth-order valence-electron chi connectivity index (χ4n) is 5.11.